The second kappa shape index (κ2) is 12.3. The van der Waals surface area contributed by atoms with Crippen LogP contribution in [-0.2, 0) is 19.3 Å². The molecule has 0 amide bonds. The summed E-state index contributed by atoms with van der Waals surface area (Å²) in [6, 6.07) is 16.0. The van der Waals surface area contributed by atoms with Gasteiger partial charge in [-0.3, -0.25) is 0 Å². The fourth-order valence-corrected chi connectivity index (χ4v) is 4.04. The lowest BCUT2D eigenvalue weighted by molar-refractivity contribution is 0.476. The molecule has 30 heavy (non-hydrogen) atoms. The van der Waals surface area contributed by atoms with Gasteiger partial charge in [0.15, 0.2) is 0 Å². The highest BCUT2D eigenvalue weighted by Crippen LogP contribution is 2.23. The van der Waals surface area contributed by atoms with Crippen LogP contribution >= 0.6 is 0 Å². The van der Waals surface area contributed by atoms with Crippen LogP contribution in [0.4, 0.5) is 0 Å². The summed E-state index contributed by atoms with van der Waals surface area (Å²) < 4.78 is 0. The predicted molar refractivity (Wildman–Crippen MR) is 126 cm³/mol. The van der Waals surface area contributed by atoms with Gasteiger partial charge in [0.25, 0.3) is 0 Å². The molecule has 0 bridgehead atoms. The fourth-order valence-electron chi connectivity index (χ4n) is 4.04. The summed E-state index contributed by atoms with van der Waals surface area (Å²) in [5.74, 6) is 1.19. The third-order valence-electron chi connectivity index (χ3n) is 5.80. The standard InChI is InChI=1S/C27H36N2O/c1-2-3-4-5-6-7-8-9-13-16-25-24-21-23(30)18-19-26(24)29-27(28-25)20-17-22-14-11-10-12-15-22/h10-12,14-15,18-19,21,30H,2-9,13,16-17,20H2,1H3. The average molecular weight is 405 g/mol. The molecule has 0 saturated carbocycles. The predicted octanol–water partition coefficient (Wildman–Crippen LogP) is 7.19. The van der Waals surface area contributed by atoms with Crippen molar-refractivity contribution < 1.29 is 5.11 Å². The van der Waals surface area contributed by atoms with Gasteiger partial charge in [-0.1, -0.05) is 88.6 Å². The first-order valence-electron chi connectivity index (χ1n) is 11.8. The van der Waals surface area contributed by atoms with Gasteiger partial charge in [0.05, 0.1) is 11.2 Å². The number of benzene rings is 2. The number of unbranched alkanes of at least 4 members (excludes halogenated alkanes) is 8. The Morgan fingerprint density at radius 2 is 1.40 bits per heavy atom. The van der Waals surface area contributed by atoms with Gasteiger partial charge in [-0.25, -0.2) is 9.97 Å². The lowest BCUT2D eigenvalue weighted by atomic mass is 10.0. The molecular weight excluding hydrogens is 368 g/mol. The van der Waals surface area contributed by atoms with Gasteiger partial charge in [0.2, 0.25) is 0 Å². The first-order chi connectivity index (χ1) is 14.8. The van der Waals surface area contributed by atoms with Crippen molar-refractivity contribution in [3.63, 3.8) is 0 Å². The van der Waals surface area contributed by atoms with Crippen LogP contribution in [0.1, 0.15) is 81.8 Å². The maximum Gasteiger partial charge on any atom is 0.129 e. The van der Waals surface area contributed by atoms with E-state index in [2.05, 4.69) is 31.2 Å². The first-order valence-corrected chi connectivity index (χ1v) is 11.8. The molecule has 0 aliphatic carbocycles. The van der Waals surface area contributed by atoms with Crippen LogP contribution in [0.3, 0.4) is 0 Å². The maximum atomic E-state index is 9.95. The molecule has 3 rings (SSSR count). The minimum absolute atomic E-state index is 0.288. The van der Waals surface area contributed by atoms with E-state index in [1.54, 1.807) is 6.07 Å². The third-order valence-corrected chi connectivity index (χ3v) is 5.80. The van der Waals surface area contributed by atoms with E-state index in [9.17, 15) is 5.11 Å². The summed E-state index contributed by atoms with van der Waals surface area (Å²) in [6.45, 7) is 2.27. The third kappa shape index (κ3) is 7.12. The molecule has 0 unspecified atom stereocenters. The number of fused-ring (bicyclic) bond motifs is 1. The molecular formula is C27H36N2O. The molecule has 0 fully saturated rings. The normalized spacial score (nSPS) is 11.2. The Hall–Kier alpha value is -2.42. The zero-order valence-electron chi connectivity index (χ0n) is 18.4. The van der Waals surface area contributed by atoms with Gasteiger partial charge in [0.1, 0.15) is 11.6 Å². The number of hydrogen-bond donors (Lipinski definition) is 1. The van der Waals surface area contributed by atoms with Crippen LogP contribution in [-0.4, -0.2) is 15.1 Å². The quantitative estimate of drug-likeness (QED) is 0.307. The Morgan fingerprint density at radius 1 is 0.700 bits per heavy atom. The van der Waals surface area contributed by atoms with Crippen LogP contribution in [0, 0.1) is 0 Å². The second-order valence-corrected chi connectivity index (χ2v) is 8.35. The van der Waals surface area contributed by atoms with Crippen molar-refractivity contribution in [1.29, 1.82) is 0 Å². The zero-order chi connectivity index (χ0) is 21.0. The Labute approximate surface area is 181 Å². The van der Waals surface area contributed by atoms with E-state index in [1.807, 2.05) is 18.2 Å². The number of hydrogen-bond acceptors (Lipinski definition) is 3. The summed E-state index contributed by atoms with van der Waals surface area (Å²) >= 11 is 0. The summed E-state index contributed by atoms with van der Waals surface area (Å²) in [7, 11) is 0. The monoisotopic (exact) mass is 404 g/mol. The van der Waals surface area contributed by atoms with Crippen LogP contribution in [0.15, 0.2) is 48.5 Å². The molecule has 0 aliphatic rings. The first kappa shape index (κ1) is 22.3. The number of phenolic OH excluding ortho intramolecular Hbond substituents is 1. The van der Waals surface area contributed by atoms with E-state index in [0.717, 1.165) is 48.1 Å². The largest absolute Gasteiger partial charge is 0.508 e. The van der Waals surface area contributed by atoms with Gasteiger partial charge < -0.3 is 5.11 Å². The van der Waals surface area contributed by atoms with Crippen molar-refractivity contribution in [3.05, 3.63) is 65.6 Å². The van der Waals surface area contributed by atoms with E-state index >= 15 is 0 Å². The van der Waals surface area contributed by atoms with Gasteiger partial charge in [-0.05, 0) is 43.0 Å². The summed E-state index contributed by atoms with van der Waals surface area (Å²) in [4.78, 5) is 9.67. The van der Waals surface area contributed by atoms with Crippen LogP contribution in [0.2, 0.25) is 0 Å². The molecule has 1 N–H and O–H groups in total. The minimum Gasteiger partial charge on any atom is -0.508 e. The maximum absolute atomic E-state index is 9.95. The number of aromatic hydroxyl groups is 1. The molecule has 3 nitrogen and oxygen atoms in total. The Bertz CT molecular complexity index is 892. The molecule has 3 aromatic rings. The fraction of sp³-hybridized carbons (Fsp3) is 0.481. The molecule has 0 atom stereocenters. The van der Waals surface area contributed by atoms with Gasteiger partial charge in [-0.2, -0.15) is 0 Å². The van der Waals surface area contributed by atoms with Gasteiger partial charge in [0, 0.05) is 11.8 Å². The van der Waals surface area contributed by atoms with Gasteiger partial charge >= 0.3 is 0 Å². The molecule has 0 radical (unpaired) electrons. The number of aryl methyl sites for hydroxylation is 3. The number of aromatic nitrogens is 2. The molecule has 0 spiro atoms. The zero-order valence-corrected chi connectivity index (χ0v) is 18.4. The minimum atomic E-state index is 0.288. The Kier molecular flexibility index (Phi) is 9.14. The van der Waals surface area contributed by atoms with E-state index in [1.165, 1.54) is 56.9 Å². The van der Waals surface area contributed by atoms with E-state index < -0.39 is 0 Å². The van der Waals surface area contributed by atoms with Crippen molar-refractivity contribution >= 4 is 10.9 Å². The molecule has 3 heteroatoms. The van der Waals surface area contributed by atoms with Crippen molar-refractivity contribution in [2.45, 2.75) is 84.0 Å². The van der Waals surface area contributed by atoms with Crippen molar-refractivity contribution in [2.24, 2.45) is 0 Å². The number of rotatable bonds is 13. The molecule has 0 aliphatic heterocycles. The van der Waals surface area contributed by atoms with E-state index in [0.29, 0.717) is 0 Å². The van der Waals surface area contributed by atoms with Crippen LogP contribution < -0.4 is 0 Å². The Balaban J connectivity index is 1.57. The Morgan fingerprint density at radius 3 is 2.13 bits per heavy atom. The second-order valence-electron chi connectivity index (χ2n) is 8.35. The molecule has 2 aromatic carbocycles. The highest BCUT2D eigenvalue weighted by molar-refractivity contribution is 5.82. The number of nitrogens with zero attached hydrogens (tertiary/aromatic N) is 2. The lowest BCUT2D eigenvalue weighted by Gasteiger charge is -2.10. The average Bonchev–Trinajstić information content (AvgIpc) is 2.77. The molecule has 160 valence electrons. The van der Waals surface area contributed by atoms with E-state index in [4.69, 9.17) is 9.97 Å². The summed E-state index contributed by atoms with van der Waals surface area (Å²) in [5.41, 5.74) is 3.34. The SMILES string of the molecule is CCCCCCCCCCCc1nc(CCc2ccccc2)nc2ccc(O)cc12. The summed E-state index contributed by atoms with van der Waals surface area (Å²) in [5, 5.41) is 10.9. The molecule has 0 saturated heterocycles. The van der Waals surface area contributed by atoms with Crippen molar-refractivity contribution in [1.82, 2.24) is 9.97 Å². The summed E-state index contributed by atoms with van der Waals surface area (Å²) in [6.07, 6.45) is 14.6. The highest BCUT2D eigenvalue weighted by Gasteiger charge is 2.09. The highest BCUT2D eigenvalue weighted by atomic mass is 16.3. The van der Waals surface area contributed by atoms with E-state index in [-0.39, 0.29) is 5.75 Å². The van der Waals surface area contributed by atoms with Gasteiger partial charge in [-0.15, -0.1) is 0 Å². The van der Waals surface area contributed by atoms with Crippen molar-refractivity contribution in [2.75, 3.05) is 0 Å². The molecule has 1 aromatic heterocycles. The van der Waals surface area contributed by atoms with Crippen molar-refractivity contribution in [3.8, 4) is 5.75 Å². The van der Waals surface area contributed by atoms with Crippen LogP contribution in [0.5, 0.6) is 5.75 Å². The lowest BCUT2D eigenvalue weighted by Crippen LogP contribution is -2.03. The smallest absolute Gasteiger partial charge is 0.129 e. The number of phenols is 1. The topological polar surface area (TPSA) is 46.0 Å². The van der Waals surface area contributed by atoms with Crippen LogP contribution in [0.25, 0.3) is 10.9 Å². The molecule has 1 heterocycles.